The van der Waals surface area contributed by atoms with Crippen molar-refractivity contribution in [3.05, 3.63) is 0 Å². The van der Waals surface area contributed by atoms with E-state index in [1.807, 2.05) is 0 Å². The lowest BCUT2D eigenvalue weighted by molar-refractivity contribution is -0.144. The molecule has 4 N–H and O–H groups in total. The van der Waals surface area contributed by atoms with Crippen LogP contribution in [-0.4, -0.2) is 28.2 Å². The van der Waals surface area contributed by atoms with Crippen LogP contribution < -0.4 is 5.73 Å². The van der Waals surface area contributed by atoms with Gasteiger partial charge in [0.15, 0.2) is 0 Å². The van der Waals surface area contributed by atoms with Crippen molar-refractivity contribution >= 4 is 24.6 Å². The number of hydrogen-bond donors (Lipinski definition) is 4. The third-order valence-corrected chi connectivity index (χ3v) is 0.712. The molecule has 12 heavy (non-hydrogen) atoms. The molecular formula is C5H8N2O4S. The molecule has 0 amide bonds. The van der Waals surface area contributed by atoms with Gasteiger partial charge in [0.2, 0.25) is 0 Å². The molecule has 0 unspecified atom stereocenters. The van der Waals surface area contributed by atoms with Crippen LogP contribution in [0.3, 0.4) is 0 Å². The quantitative estimate of drug-likeness (QED) is 0.345. The number of carboxylic acids is 2. The third-order valence-electron chi connectivity index (χ3n) is 0.712. The molecule has 0 aliphatic carbocycles. The summed E-state index contributed by atoms with van der Waals surface area (Å²) in [5.74, 6) is -2.50. The summed E-state index contributed by atoms with van der Waals surface area (Å²) in [5, 5.41) is 24.7. The van der Waals surface area contributed by atoms with Gasteiger partial charge in [0.05, 0.1) is 6.42 Å². The number of carboxylic acid groups (broad SMARTS) is 2. The molecule has 0 bridgehead atoms. The van der Waals surface area contributed by atoms with Crippen LogP contribution in [0.4, 0.5) is 0 Å². The summed E-state index contributed by atoms with van der Waals surface area (Å²) in [6, 6.07) is -1.29. The first-order chi connectivity index (χ1) is 5.45. The Balaban J connectivity index is 0. The molecule has 0 fully saturated rings. The Morgan fingerprint density at radius 2 is 1.92 bits per heavy atom. The minimum Gasteiger partial charge on any atom is -0.481 e. The van der Waals surface area contributed by atoms with Gasteiger partial charge < -0.3 is 15.9 Å². The Morgan fingerprint density at radius 1 is 1.58 bits per heavy atom. The van der Waals surface area contributed by atoms with E-state index in [0.29, 0.717) is 0 Å². The summed E-state index contributed by atoms with van der Waals surface area (Å²) in [7, 11) is 0. The van der Waals surface area contributed by atoms with Crippen molar-refractivity contribution in [2.75, 3.05) is 0 Å². The SMILES string of the molecule is N#CS.N[C@@H](CC(=O)O)C(=O)O. The highest BCUT2D eigenvalue weighted by Crippen LogP contribution is 1.86. The van der Waals surface area contributed by atoms with Gasteiger partial charge in [-0.1, -0.05) is 12.6 Å². The summed E-state index contributed by atoms with van der Waals surface area (Å²) in [4.78, 5) is 19.6. The fourth-order valence-electron chi connectivity index (χ4n) is 0.275. The number of hydrogen-bond acceptors (Lipinski definition) is 5. The molecule has 0 aromatic rings. The largest absolute Gasteiger partial charge is 0.481 e. The maximum absolute atomic E-state index is 9.85. The Bertz CT molecular complexity index is 200. The van der Waals surface area contributed by atoms with Crippen LogP contribution in [0.15, 0.2) is 0 Å². The Hall–Kier alpha value is -1.26. The number of carbonyl (C=O) groups is 2. The second kappa shape index (κ2) is 7.84. The van der Waals surface area contributed by atoms with E-state index in [1.165, 1.54) is 5.40 Å². The highest BCUT2D eigenvalue weighted by Gasteiger charge is 2.14. The minimum atomic E-state index is -1.29. The number of thiol groups is 1. The maximum atomic E-state index is 9.85. The second-order valence-electron chi connectivity index (χ2n) is 1.64. The van der Waals surface area contributed by atoms with Crippen LogP contribution in [0.25, 0.3) is 0 Å². The van der Waals surface area contributed by atoms with Gasteiger partial charge in [-0.2, -0.15) is 5.26 Å². The fraction of sp³-hybridized carbons (Fsp3) is 0.400. The van der Waals surface area contributed by atoms with Gasteiger partial charge in [0, 0.05) is 0 Å². The van der Waals surface area contributed by atoms with Crippen LogP contribution in [0, 0.1) is 10.7 Å². The van der Waals surface area contributed by atoms with Crippen molar-refractivity contribution < 1.29 is 19.8 Å². The van der Waals surface area contributed by atoms with Gasteiger partial charge in [0.25, 0.3) is 0 Å². The van der Waals surface area contributed by atoms with E-state index in [-0.39, 0.29) is 0 Å². The predicted octanol–water partition coefficient (Wildman–Crippen LogP) is -0.730. The monoisotopic (exact) mass is 192 g/mol. The Kier molecular flexibility index (Phi) is 8.72. The molecule has 1 atom stereocenters. The van der Waals surface area contributed by atoms with E-state index >= 15 is 0 Å². The van der Waals surface area contributed by atoms with Crippen molar-refractivity contribution in [3.8, 4) is 5.40 Å². The molecule has 7 heteroatoms. The first-order valence-corrected chi connectivity index (χ1v) is 3.13. The van der Waals surface area contributed by atoms with E-state index in [1.54, 1.807) is 0 Å². The zero-order valence-corrected chi connectivity index (χ0v) is 6.86. The first kappa shape index (κ1) is 13.3. The lowest BCUT2D eigenvalue weighted by atomic mass is 10.2. The average molecular weight is 192 g/mol. The molecule has 0 rings (SSSR count). The second-order valence-corrected chi connectivity index (χ2v) is 1.84. The number of thiocyanates is 1. The maximum Gasteiger partial charge on any atom is 0.321 e. The van der Waals surface area contributed by atoms with Crippen LogP contribution in [0.2, 0.25) is 0 Å². The molecule has 0 aliphatic rings. The fourth-order valence-corrected chi connectivity index (χ4v) is 0.275. The van der Waals surface area contributed by atoms with Crippen LogP contribution in [0.1, 0.15) is 6.42 Å². The first-order valence-electron chi connectivity index (χ1n) is 2.69. The van der Waals surface area contributed by atoms with Crippen molar-refractivity contribution in [2.24, 2.45) is 5.73 Å². The van der Waals surface area contributed by atoms with Crippen LogP contribution in [0.5, 0.6) is 0 Å². The molecule has 68 valence electrons. The highest BCUT2D eigenvalue weighted by atomic mass is 32.1. The average Bonchev–Trinajstić information content (AvgIpc) is 1.87. The molecule has 0 aromatic heterocycles. The zero-order valence-electron chi connectivity index (χ0n) is 5.97. The number of nitrogens with two attached hydrogens (primary N) is 1. The molecule has 0 heterocycles. The van der Waals surface area contributed by atoms with Crippen LogP contribution in [-0.2, 0) is 9.59 Å². The Labute approximate surface area is 74.0 Å². The minimum absolute atomic E-state index is 0.532. The highest BCUT2D eigenvalue weighted by molar-refractivity contribution is 7.85. The van der Waals surface area contributed by atoms with Crippen molar-refractivity contribution in [1.82, 2.24) is 0 Å². The van der Waals surface area contributed by atoms with Crippen molar-refractivity contribution in [1.29, 1.82) is 5.26 Å². The van der Waals surface area contributed by atoms with E-state index < -0.39 is 24.4 Å². The van der Waals surface area contributed by atoms with Gasteiger partial charge in [-0.05, 0) is 0 Å². The molecule has 0 aromatic carbocycles. The number of nitrogens with zero attached hydrogens (tertiary/aromatic N) is 1. The summed E-state index contributed by atoms with van der Waals surface area (Å²) in [6.07, 6.45) is -0.532. The molecule has 0 aliphatic heterocycles. The van der Waals surface area contributed by atoms with Gasteiger partial charge in [-0.15, -0.1) is 0 Å². The summed E-state index contributed by atoms with van der Waals surface area (Å²) in [5.41, 5.74) is 4.84. The third kappa shape index (κ3) is 11.5. The number of rotatable bonds is 3. The number of nitriles is 1. The van der Waals surface area contributed by atoms with E-state index in [2.05, 4.69) is 12.6 Å². The summed E-state index contributed by atoms with van der Waals surface area (Å²) >= 11 is 3.09. The van der Waals surface area contributed by atoms with E-state index in [9.17, 15) is 9.59 Å². The topological polar surface area (TPSA) is 124 Å². The molecule has 0 spiro atoms. The summed E-state index contributed by atoms with van der Waals surface area (Å²) in [6.45, 7) is 0. The molecule has 0 saturated carbocycles. The van der Waals surface area contributed by atoms with Gasteiger partial charge in [-0.25, -0.2) is 0 Å². The van der Waals surface area contributed by atoms with E-state index in [4.69, 9.17) is 21.2 Å². The standard InChI is InChI=1S/C4H7NO4.CHNS/c5-2(4(8)9)1-3(6)7;2-1-3/h2H,1,5H2,(H,6,7)(H,8,9);3H/t2-;/m0./s1. The zero-order chi connectivity index (χ0) is 10.1. The number of aliphatic carboxylic acids is 2. The van der Waals surface area contributed by atoms with E-state index in [0.717, 1.165) is 0 Å². The van der Waals surface area contributed by atoms with Gasteiger partial charge in [-0.3, -0.25) is 9.59 Å². The predicted molar refractivity (Wildman–Crippen MR) is 42.5 cm³/mol. The lowest BCUT2D eigenvalue weighted by Gasteiger charge is -1.99. The molecule has 0 saturated heterocycles. The molecule has 6 nitrogen and oxygen atoms in total. The van der Waals surface area contributed by atoms with Crippen molar-refractivity contribution in [2.45, 2.75) is 12.5 Å². The lowest BCUT2D eigenvalue weighted by Crippen LogP contribution is -2.32. The smallest absolute Gasteiger partial charge is 0.321 e. The van der Waals surface area contributed by atoms with Crippen molar-refractivity contribution in [3.63, 3.8) is 0 Å². The summed E-state index contributed by atoms with van der Waals surface area (Å²) < 4.78 is 0. The van der Waals surface area contributed by atoms with Crippen LogP contribution >= 0.6 is 12.6 Å². The molecular weight excluding hydrogens is 184 g/mol. The Morgan fingerprint density at radius 3 is 2.00 bits per heavy atom. The normalized spacial score (nSPS) is 10.1. The molecule has 0 radical (unpaired) electrons. The van der Waals surface area contributed by atoms with Gasteiger partial charge >= 0.3 is 11.9 Å². The van der Waals surface area contributed by atoms with Gasteiger partial charge in [0.1, 0.15) is 11.4 Å².